The molecule has 0 aliphatic rings. The molecule has 0 saturated carbocycles. The molecule has 1 heterocycles. The van der Waals surface area contributed by atoms with Gasteiger partial charge in [-0.1, -0.05) is 15.9 Å². The average Bonchev–Trinajstić information content (AvgIpc) is 2.64. The van der Waals surface area contributed by atoms with E-state index in [4.69, 9.17) is 0 Å². The van der Waals surface area contributed by atoms with Crippen molar-refractivity contribution in [1.82, 2.24) is 9.13 Å². The Morgan fingerprint density at radius 3 is 2.19 bits per heavy atom. The molecule has 26 heavy (non-hydrogen) atoms. The van der Waals surface area contributed by atoms with Crippen molar-refractivity contribution in [2.45, 2.75) is 4.90 Å². The Hall–Kier alpha value is -2.39. The maximum atomic E-state index is 12.9. The molecule has 0 radical (unpaired) electrons. The highest BCUT2D eigenvalue weighted by molar-refractivity contribution is 9.10. The molecule has 9 heteroatoms. The average molecular weight is 438 g/mol. The van der Waals surface area contributed by atoms with Crippen LogP contribution < -0.4 is 15.6 Å². The molecule has 0 spiro atoms. The summed E-state index contributed by atoms with van der Waals surface area (Å²) in [6.07, 6.45) is 0. The first-order valence-corrected chi connectivity index (χ1v) is 9.82. The first-order chi connectivity index (χ1) is 12.1. The molecule has 0 unspecified atom stereocenters. The summed E-state index contributed by atoms with van der Waals surface area (Å²) in [5.41, 5.74) is -0.137. The monoisotopic (exact) mass is 437 g/mol. The van der Waals surface area contributed by atoms with Gasteiger partial charge in [-0.15, -0.1) is 0 Å². The van der Waals surface area contributed by atoms with E-state index in [-0.39, 0.29) is 10.3 Å². The van der Waals surface area contributed by atoms with Crippen LogP contribution in [0.25, 0.3) is 10.9 Å². The molecule has 0 aliphatic heterocycles. The van der Waals surface area contributed by atoms with Crippen LogP contribution in [0.5, 0.6) is 0 Å². The predicted octanol–water partition coefficient (Wildman–Crippen LogP) is 1.82. The molecule has 0 bridgehead atoms. The second-order valence-electron chi connectivity index (χ2n) is 5.83. The van der Waals surface area contributed by atoms with Gasteiger partial charge < -0.3 is 0 Å². The zero-order valence-electron chi connectivity index (χ0n) is 14.3. The molecule has 3 aromatic rings. The largest absolute Gasteiger partial charge is 0.330 e. The lowest BCUT2D eigenvalue weighted by molar-refractivity contribution is 0.594. The van der Waals surface area contributed by atoms with Crippen LogP contribution in [-0.2, 0) is 24.1 Å². The molecule has 3 rings (SSSR count). The molecular weight excluding hydrogens is 422 g/mol. The highest BCUT2D eigenvalue weighted by Crippen LogP contribution is 2.25. The van der Waals surface area contributed by atoms with Gasteiger partial charge >= 0.3 is 5.69 Å². The Morgan fingerprint density at radius 1 is 0.962 bits per heavy atom. The van der Waals surface area contributed by atoms with E-state index in [1.54, 1.807) is 24.3 Å². The summed E-state index contributed by atoms with van der Waals surface area (Å²) in [5, 5.41) is 0.167. The Kier molecular flexibility index (Phi) is 4.53. The summed E-state index contributed by atoms with van der Waals surface area (Å²) in [5.74, 6) is 0. The smallest absolute Gasteiger partial charge is 0.296 e. The predicted molar refractivity (Wildman–Crippen MR) is 104 cm³/mol. The second-order valence-corrected chi connectivity index (χ2v) is 8.72. The summed E-state index contributed by atoms with van der Waals surface area (Å²) >= 11 is 3.31. The van der Waals surface area contributed by atoms with Gasteiger partial charge in [0.1, 0.15) is 0 Å². The number of hydrogen-bond donors (Lipinski definition) is 0. The number of aryl methyl sites for hydroxylation is 1. The van der Waals surface area contributed by atoms with Crippen molar-refractivity contribution in [3.8, 4) is 0 Å². The van der Waals surface area contributed by atoms with E-state index >= 15 is 0 Å². The molecule has 0 aliphatic carbocycles. The van der Waals surface area contributed by atoms with E-state index in [1.807, 2.05) is 0 Å². The summed E-state index contributed by atoms with van der Waals surface area (Å²) in [4.78, 5) is 24.4. The summed E-state index contributed by atoms with van der Waals surface area (Å²) < 4.78 is 30.1. The maximum absolute atomic E-state index is 12.9. The summed E-state index contributed by atoms with van der Waals surface area (Å²) in [6, 6.07) is 11.0. The minimum atomic E-state index is -3.87. The summed E-state index contributed by atoms with van der Waals surface area (Å²) in [7, 11) is 0.474. The van der Waals surface area contributed by atoms with Gasteiger partial charge in [-0.25, -0.2) is 13.2 Å². The molecule has 136 valence electrons. The van der Waals surface area contributed by atoms with Crippen LogP contribution in [0, 0.1) is 0 Å². The third-order valence-corrected chi connectivity index (χ3v) is 6.60. The van der Waals surface area contributed by atoms with Crippen molar-refractivity contribution < 1.29 is 8.42 Å². The number of rotatable bonds is 3. The second kappa shape index (κ2) is 6.40. The number of fused-ring (bicyclic) bond motifs is 1. The lowest BCUT2D eigenvalue weighted by Crippen LogP contribution is -2.37. The lowest BCUT2D eigenvalue weighted by Gasteiger charge is -2.20. The van der Waals surface area contributed by atoms with Crippen molar-refractivity contribution in [3.05, 3.63) is 67.8 Å². The number of hydrogen-bond acceptors (Lipinski definition) is 4. The molecule has 1 aromatic heterocycles. The van der Waals surface area contributed by atoms with Crippen LogP contribution in [0.15, 0.2) is 61.4 Å². The third-order valence-electron chi connectivity index (χ3n) is 4.29. The molecule has 2 aromatic carbocycles. The van der Waals surface area contributed by atoms with E-state index in [1.165, 1.54) is 43.9 Å². The Labute approximate surface area is 158 Å². The highest BCUT2D eigenvalue weighted by atomic mass is 79.9. The van der Waals surface area contributed by atoms with Crippen molar-refractivity contribution >= 4 is 42.5 Å². The number of sulfonamides is 1. The van der Waals surface area contributed by atoms with Gasteiger partial charge in [-0.3, -0.25) is 18.2 Å². The summed E-state index contributed by atoms with van der Waals surface area (Å²) in [6.45, 7) is 0. The fourth-order valence-corrected chi connectivity index (χ4v) is 4.17. The normalized spacial score (nSPS) is 11.7. The number of benzene rings is 2. The van der Waals surface area contributed by atoms with E-state index in [2.05, 4.69) is 15.9 Å². The van der Waals surface area contributed by atoms with Gasteiger partial charge in [0.15, 0.2) is 0 Å². The van der Waals surface area contributed by atoms with Gasteiger partial charge in [0, 0.05) is 25.6 Å². The van der Waals surface area contributed by atoms with Crippen molar-refractivity contribution in [1.29, 1.82) is 0 Å². The molecular formula is C17H16BrN3O4S. The molecule has 0 N–H and O–H groups in total. The van der Waals surface area contributed by atoms with E-state index in [9.17, 15) is 18.0 Å². The quantitative estimate of drug-likeness (QED) is 0.625. The Bertz CT molecular complexity index is 1230. The Morgan fingerprint density at radius 2 is 1.58 bits per heavy atom. The van der Waals surface area contributed by atoms with Crippen LogP contribution in [0.2, 0.25) is 0 Å². The van der Waals surface area contributed by atoms with Gasteiger partial charge in [-0.05, 0) is 42.5 Å². The zero-order chi connectivity index (χ0) is 19.2. The SMILES string of the molecule is CN(c1ccc(Br)cc1)S(=O)(=O)c1ccc2c(c1)c(=O)n(C)c(=O)n2C. The molecule has 7 nitrogen and oxygen atoms in total. The molecule has 0 fully saturated rings. The van der Waals surface area contributed by atoms with Gasteiger partial charge in [0.25, 0.3) is 15.6 Å². The molecule has 0 atom stereocenters. The van der Waals surface area contributed by atoms with Crippen molar-refractivity contribution in [2.75, 3.05) is 11.4 Å². The highest BCUT2D eigenvalue weighted by Gasteiger charge is 2.22. The van der Waals surface area contributed by atoms with Crippen LogP contribution in [0.4, 0.5) is 5.69 Å². The molecule has 0 saturated heterocycles. The zero-order valence-corrected chi connectivity index (χ0v) is 16.7. The van der Waals surface area contributed by atoms with Crippen LogP contribution in [0.3, 0.4) is 0 Å². The Balaban J connectivity index is 2.20. The first-order valence-electron chi connectivity index (χ1n) is 7.59. The number of halogens is 1. The van der Waals surface area contributed by atoms with Crippen LogP contribution in [-0.4, -0.2) is 24.6 Å². The fraction of sp³-hybridized carbons (Fsp3) is 0.176. The number of anilines is 1. The van der Waals surface area contributed by atoms with Crippen LogP contribution in [0.1, 0.15) is 0 Å². The topological polar surface area (TPSA) is 81.4 Å². The number of aromatic nitrogens is 2. The van der Waals surface area contributed by atoms with Gasteiger partial charge in [0.05, 0.1) is 21.5 Å². The van der Waals surface area contributed by atoms with Crippen molar-refractivity contribution in [3.63, 3.8) is 0 Å². The van der Waals surface area contributed by atoms with E-state index in [0.29, 0.717) is 11.2 Å². The lowest BCUT2D eigenvalue weighted by atomic mass is 10.2. The van der Waals surface area contributed by atoms with Gasteiger partial charge in [-0.2, -0.15) is 0 Å². The van der Waals surface area contributed by atoms with E-state index < -0.39 is 21.3 Å². The molecule has 0 amide bonds. The first kappa shape index (κ1) is 18.4. The maximum Gasteiger partial charge on any atom is 0.330 e. The van der Waals surface area contributed by atoms with Crippen LogP contribution >= 0.6 is 15.9 Å². The minimum absolute atomic E-state index is 0.0221. The number of nitrogens with zero attached hydrogens (tertiary/aromatic N) is 3. The minimum Gasteiger partial charge on any atom is -0.296 e. The van der Waals surface area contributed by atoms with E-state index in [0.717, 1.165) is 13.3 Å². The van der Waals surface area contributed by atoms with Crippen molar-refractivity contribution in [2.24, 2.45) is 14.1 Å². The fourth-order valence-electron chi connectivity index (χ4n) is 2.68. The third kappa shape index (κ3) is 2.86. The standard InChI is InChI=1S/C17H16BrN3O4S/c1-19-15-9-8-13(10-14(15)16(22)20(2)17(19)23)26(24,25)21(3)12-6-4-11(18)5-7-12/h4-10H,1-3H3. The van der Waals surface area contributed by atoms with Gasteiger partial charge in [0.2, 0.25) is 0 Å².